The summed E-state index contributed by atoms with van der Waals surface area (Å²) in [7, 11) is 1.61. The Hall–Kier alpha value is -3.66. The van der Waals surface area contributed by atoms with Crippen molar-refractivity contribution in [3.05, 3.63) is 65.4 Å². The van der Waals surface area contributed by atoms with Gasteiger partial charge in [0.2, 0.25) is 12.0 Å². The van der Waals surface area contributed by atoms with E-state index in [1.807, 2.05) is 36.4 Å². The molecule has 2 aliphatic heterocycles. The monoisotopic (exact) mass is 480 g/mol. The molecule has 0 spiro atoms. The third kappa shape index (κ3) is 4.67. The minimum absolute atomic E-state index is 0.00566. The van der Waals surface area contributed by atoms with Crippen LogP contribution in [-0.2, 0) is 34.2 Å². The second-order valence-electron chi connectivity index (χ2n) is 7.90. The summed E-state index contributed by atoms with van der Waals surface area (Å²) in [6.45, 7) is 0.485. The van der Waals surface area contributed by atoms with Gasteiger partial charge in [-0.3, -0.25) is 9.59 Å². The standard InChI is InChI=1S/C24H24N4O5S/c1-31-16-8-6-15(7-9-16)10-25-22(29)11-28-23(17-13-34-14-18(17)27-28)26-24(30)21-12-32-19-4-2-3-5-20(19)33-21/h2-9,21H,10-14H2,1H3,(H,25,29)(H,26,30). The van der Waals surface area contributed by atoms with Crippen LogP contribution in [0, 0.1) is 0 Å². The first kappa shape index (κ1) is 22.1. The summed E-state index contributed by atoms with van der Waals surface area (Å²) in [6.07, 6.45) is -0.799. The van der Waals surface area contributed by atoms with Crippen molar-refractivity contribution in [1.29, 1.82) is 0 Å². The van der Waals surface area contributed by atoms with Crippen molar-refractivity contribution in [2.45, 2.75) is 30.7 Å². The molecular weight excluding hydrogens is 456 g/mol. The lowest BCUT2D eigenvalue weighted by molar-refractivity contribution is -0.125. The van der Waals surface area contributed by atoms with Crippen LogP contribution in [-0.4, -0.2) is 41.4 Å². The Bertz CT molecular complexity index is 1210. The highest BCUT2D eigenvalue weighted by molar-refractivity contribution is 7.98. The fourth-order valence-electron chi connectivity index (χ4n) is 3.80. The second kappa shape index (κ2) is 9.68. The predicted octanol–water partition coefficient (Wildman–Crippen LogP) is 2.73. The molecule has 5 rings (SSSR count). The maximum absolute atomic E-state index is 13.0. The highest BCUT2D eigenvalue weighted by Crippen LogP contribution is 2.35. The van der Waals surface area contributed by atoms with Crippen molar-refractivity contribution in [1.82, 2.24) is 15.1 Å². The van der Waals surface area contributed by atoms with Crippen LogP contribution in [0.25, 0.3) is 0 Å². The quantitative estimate of drug-likeness (QED) is 0.536. The lowest BCUT2D eigenvalue weighted by atomic mass is 10.2. The van der Waals surface area contributed by atoms with Crippen LogP contribution in [0.4, 0.5) is 5.82 Å². The van der Waals surface area contributed by atoms with Gasteiger partial charge >= 0.3 is 0 Å². The van der Waals surface area contributed by atoms with Crippen molar-refractivity contribution in [3.8, 4) is 17.2 Å². The molecule has 2 N–H and O–H groups in total. The van der Waals surface area contributed by atoms with E-state index < -0.39 is 6.10 Å². The molecule has 176 valence electrons. The van der Waals surface area contributed by atoms with Crippen LogP contribution >= 0.6 is 11.8 Å². The van der Waals surface area contributed by atoms with Gasteiger partial charge in [0.05, 0.1) is 12.8 Å². The van der Waals surface area contributed by atoms with Crippen molar-refractivity contribution in [2.24, 2.45) is 0 Å². The average Bonchev–Trinajstić information content (AvgIpc) is 3.45. The van der Waals surface area contributed by atoms with E-state index in [2.05, 4.69) is 15.7 Å². The molecule has 3 heterocycles. The van der Waals surface area contributed by atoms with Crippen LogP contribution in [0.1, 0.15) is 16.8 Å². The average molecular weight is 481 g/mol. The zero-order valence-corrected chi connectivity index (χ0v) is 19.4. The van der Waals surface area contributed by atoms with Crippen LogP contribution in [0.5, 0.6) is 17.2 Å². The normalized spacial score (nSPS) is 16.0. The maximum Gasteiger partial charge on any atom is 0.270 e. The number of nitrogens with one attached hydrogen (secondary N) is 2. The van der Waals surface area contributed by atoms with Crippen LogP contribution in [0.3, 0.4) is 0 Å². The molecule has 3 aromatic rings. The lowest BCUT2D eigenvalue weighted by Crippen LogP contribution is -2.41. The Morgan fingerprint density at radius 1 is 1.15 bits per heavy atom. The summed E-state index contributed by atoms with van der Waals surface area (Å²) in [5, 5.41) is 10.4. The molecule has 9 nitrogen and oxygen atoms in total. The summed E-state index contributed by atoms with van der Waals surface area (Å²) in [5.74, 6) is 3.37. The molecular formula is C24H24N4O5S. The number of amides is 2. The van der Waals surface area contributed by atoms with E-state index in [1.165, 1.54) is 0 Å². The minimum Gasteiger partial charge on any atom is -0.497 e. The van der Waals surface area contributed by atoms with E-state index in [0.717, 1.165) is 34.1 Å². The summed E-state index contributed by atoms with van der Waals surface area (Å²) in [6, 6.07) is 14.7. The van der Waals surface area contributed by atoms with Gasteiger partial charge in [-0.15, -0.1) is 0 Å². The number of fused-ring (bicyclic) bond motifs is 2. The molecule has 0 saturated heterocycles. The molecule has 1 unspecified atom stereocenters. The number of methoxy groups -OCH3 is 1. The van der Waals surface area contributed by atoms with Gasteiger partial charge in [0.1, 0.15) is 24.7 Å². The zero-order chi connectivity index (χ0) is 23.5. The van der Waals surface area contributed by atoms with Crippen molar-refractivity contribution >= 4 is 29.4 Å². The van der Waals surface area contributed by atoms with Crippen LogP contribution < -0.4 is 24.8 Å². The molecule has 34 heavy (non-hydrogen) atoms. The number of anilines is 1. The number of aromatic nitrogens is 2. The minimum atomic E-state index is -0.799. The Labute approximate surface area is 200 Å². The van der Waals surface area contributed by atoms with E-state index in [9.17, 15) is 9.59 Å². The van der Waals surface area contributed by atoms with Gasteiger partial charge in [0.15, 0.2) is 11.5 Å². The fraction of sp³-hybridized carbons (Fsp3) is 0.292. The number of ether oxygens (including phenoxy) is 3. The number of para-hydroxylation sites is 2. The first-order chi connectivity index (χ1) is 16.6. The van der Waals surface area contributed by atoms with Gasteiger partial charge in [-0.25, -0.2) is 4.68 Å². The lowest BCUT2D eigenvalue weighted by Gasteiger charge is -2.25. The van der Waals surface area contributed by atoms with E-state index in [0.29, 0.717) is 23.9 Å². The van der Waals surface area contributed by atoms with E-state index >= 15 is 0 Å². The molecule has 0 bridgehead atoms. The fourth-order valence-corrected chi connectivity index (χ4v) is 4.84. The number of nitrogens with zero attached hydrogens (tertiary/aromatic N) is 2. The van der Waals surface area contributed by atoms with Crippen LogP contribution in [0.2, 0.25) is 0 Å². The Kier molecular flexibility index (Phi) is 6.31. The Balaban J connectivity index is 1.25. The molecule has 1 atom stereocenters. The first-order valence-electron chi connectivity index (χ1n) is 10.9. The predicted molar refractivity (Wildman–Crippen MR) is 127 cm³/mol. The third-order valence-electron chi connectivity index (χ3n) is 5.60. The van der Waals surface area contributed by atoms with Crippen molar-refractivity contribution in [2.75, 3.05) is 19.0 Å². The van der Waals surface area contributed by atoms with Gasteiger partial charge in [-0.2, -0.15) is 16.9 Å². The smallest absolute Gasteiger partial charge is 0.270 e. The molecule has 0 radical (unpaired) electrons. The largest absolute Gasteiger partial charge is 0.497 e. The zero-order valence-electron chi connectivity index (χ0n) is 18.6. The van der Waals surface area contributed by atoms with Crippen molar-refractivity contribution in [3.63, 3.8) is 0 Å². The highest BCUT2D eigenvalue weighted by atomic mass is 32.2. The molecule has 1 aromatic heterocycles. The highest BCUT2D eigenvalue weighted by Gasteiger charge is 2.31. The van der Waals surface area contributed by atoms with Gasteiger partial charge in [-0.05, 0) is 29.8 Å². The van der Waals surface area contributed by atoms with E-state index in [1.54, 1.807) is 35.7 Å². The number of hydrogen-bond donors (Lipinski definition) is 2. The van der Waals surface area contributed by atoms with Gasteiger partial charge in [0, 0.05) is 23.6 Å². The summed E-state index contributed by atoms with van der Waals surface area (Å²) >= 11 is 1.72. The molecule has 0 saturated carbocycles. The Morgan fingerprint density at radius 2 is 1.94 bits per heavy atom. The van der Waals surface area contributed by atoms with Gasteiger partial charge < -0.3 is 24.8 Å². The SMILES string of the molecule is COc1ccc(CNC(=O)Cn2nc3c(c2NC(=O)C2COc4ccccc4O2)CSC3)cc1. The van der Waals surface area contributed by atoms with Gasteiger partial charge in [0.25, 0.3) is 5.91 Å². The number of thioether (sulfide) groups is 1. The number of carbonyl (C=O) groups excluding carboxylic acids is 2. The third-order valence-corrected chi connectivity index (χ3v) is 6.57. The van der Waals surface area contributed by atoms with E-state index in [4.69, 9.17) is 14.2 Å². The van der Waals surface area contributed by atoms with Crippen molar-refractivity contribution < 1.29 is 23.8 Å². The number of rotatable bonds is 7. The summed E-state index contributed by atoms with van der Waals surface area (Å²) < 4.78 is 18.2. The molecule has 10 heteroatoms. The summed E-state index contributed by atoms with van der Waals surface area (Å²) in [5.41, 5.74) is 2.78. The summed E-state index contributed by atoms with van der Waals surface area (Å²) in [4.78, 5) is 25.7. The first-order valence-corrected chi connectivity index (χ1v) is 12.0. The maximum atomic E-state index is 13.0. The van der Waals surface area contributed by atoms with E-state index in [-0.39, 0.29) is 25.0 Å². The molecule has 0 fully saturated rings. The van der Waals surface area contributed by atoms with Crippen LogP contribution in [0.15, 0.2) is 48.5 Å². The molecule has 2 aromatic carbocycles. The second-order valence-corrected chi connectivity index (χ2v) is 8.89. The number of benzene rings is 2. The topological polar surface area (TPSA) is 104 Å². The molecule has 2 aliphatic rings. The number of hydrogen-bond acceptors (Lipinski definition) is 7. The molecule has 0 aliphatic carbocycles. The number of carbonyl (C=O) groups is 2. The van der Waals surface area contributed by atoms with Gasteiger partial charge in [-0.1, -0.05) is 24.3 Å². The molecule has 2 amide bonds. The Morgan fingerprint density at radius 3 is 2.74 bits per heavy atom.